The Balaban J connectivity index is 3.21. The van der Waals surface area contributed by atoms with Gasteiger partial charge in [0.25, 0.3) is 0 Å². The SMILES string of the molecule is Fc1cc(F)c(C#CCBr)c(F)c1. The first-order chi connectivity index (χ1) is 6.15. The maximum absolute atomic E-state index is 12.8. The largest absolute Gasteiger partial charge is 0.207 e. The van der Waals surface area contributed by atoms with Crippen LogP contribution in [0.5, 0.6) is 0 Å². The Labute approximate surface area is 81.9 Å². The number of hydrogen-bond acceptors (Lipinski definition) is 0. The second-order valence-electron chi connectivity index (χ2n) is 2.18. The van der Waals surface area contributed by atoms with Crippen LogP contribution < -0.4 is 0 Å². The normalized spacial score (nSPS) is 9.23. The molecular weight excluding hydrogens is 245 g/mol. The number of benzene rings is 1. The summed E-state index contributed by atoms with van der Waals surface area (Å²) in [6, 6.07) is 1.20. The van der Waals surface area contributed by atoms with Crippen molar-refractivity contribution in [3.05, 3.63) is 35.1 Å². The molecule has 0 saturated carbocycles. The molecule has 1 aromatic carbocycles. The molecule has 0 N–H and O–H groups in total. The molecule has 1 rings (SSSR count). The van der Waals surface area contributed by atoms with Crippen LogP contribution in [-0.2, 0) is 0 Å². The Morgan fingerprint density at radius 2 is 1.69 bits per heavy atom. The summed E-state index contributed by atoms with van der Waals surface area (Å²) in [7, 11) is 0. The summed E-state index contributed by atoms with van der Waals surface area (Å²) in [5.74, 6) is 1.77. The smallest absolute Gasteiger partial charge is 0.144 e. The van der Waals surface area contributed by atoms with Crippen molar-refractivity contribution < 1.29 is 13.2 Å². The van der Waals surface area contributed by atoms with Gasteiger partial charge in [-0.3, -0.25) is 0 Å². The van der Waals surface area contributed by atoms with Crippen LogP contribution in [0.25, 0.3) is 0 Å². The van der Waals surface area contributed by atoms with Gasteiger partial charge in [-0.25, -0.2) is 13.2 Å². The highest BCUT2D eigenvalue weighted by molar-refractivity contribution is 9.09. The quantitative estimate of drug-likeness (QED) is 0.490. The van der Waals surface area contributed by atoms with Gasteiger partial charge >= 0.3 is 0 Å². The van der Waals surface area contributed by atoms with E-state index >= 15 is 0 Å². The molecule has 0 aromatic heterocycles. The highest BCUT2D eigenvalue weighted by Crippen LogP contribution is 2.13. The average Bonchev–Trinajstić information content (AvgIpc) is 2.02. The Hall–Kier alpha value is -0.950. The fourth-order valence-corrected chi connectivity index (χ4v) is 0.924. The predicted octanol–water partition coefficient (Wildman–Crippen LogP) is 2.85. The van der Waals surface area contributed by atoms with Crippen molar-refractivity contribution >= 4 is 15.9 Å². The Morgan fingerprint density at radius 3 is 2.15 bits per heavy atom. The zero-order valence-electron chi connectivity index (χ0n) is 6.37. The fraction of sp³-hybridized carbons (Fsp3) is 0.111. The lowest BCUT2D eigenvalue weighted by Gasteiger charge is -1.96. The highest BCUT2D eigenvalue weighted by atomic mass is 79.9. The summed E-state index contributed by atoms with van der Waals surface area (Å²) in [4.78, 5) is 0. The third-order valence-corrected chi connectivity index (χ3v) is 1.57. The molecule has 68 valence electrons. The van der Waals surface area contributed by atoms with Crippen molar-refractivity contribution in [2.75, 3.05) is 5.33 Å². The van der Waals surface area contributed by atoms with Gasteiger partial charge in [-0.2, -0.15) is 0 Å². The van der Waals surface area contributed by atoms with Gasteiger partial charge in [0.1, 0.15) is 17.5 Å². The van der Waals surface area contributed by atoms with Crippen LogP contribution in [0.15, 0.2) is 12.1 Å². The monoisotopic (exact) mass is 248 g/mol. The molecule has 1 aromatic rings. The summed E-state index contributed by atoms with van der Waals surface area (Å²) in [6.07, 6.45) is 0. The average molecular weight is 249 g/mol. The van der Waals surface area contributed by atoms with Gasteiger partial charge in [0.15, 0.2) is 0 Å². The number of hydrogen-bond donors (Lipinski definition) is 0. The van der Waals surface area contributed by atoms with Gasteiger partial charge in [0, 0.05) is 12.1 Å². The van der Waals surface area contributed by atoms with Crippen LogP contribution in [0.4, 0.5) is 13.2 Å². The van der Waals surface area contributed by atoms with E-state index in [9.17, 15) is 13.2 Å². The summed E-state index contributed by atoms with van der Waals surface area (Å²) < 4.78 is 38.1. The van der Waals surface area contributed by atoms with E-state index in [0.29, 0.717) is 17.5 Å². The van der Waals surface area contributed by atoms with Crippen molar-refractivity contribution in [1.82, 2.24) is 0 Å². The van der Waals surface area contributed by atoms with Crippen LogP contribution in [0.1, 0.15) is 5.56 Å². The van der Waals surface area contributed by atoms with Crippen molar-refractivity contribution in [3.8, 4) is 11.8 Å². The lowest BCUT2D eigenvalue weighted by Crippen LogP contribution is -1.92. The first-order valence-corrected chi connectivity index (χ1v) is 4.46. The Kier molecular flexibility index (Phi) is 3.38. The van der Waals surface area contributed by atoms with Crippen LogP contribution in [-0.4, -0.2) is 5.33 Å². The van der Waals surface area contributed by atoms with Crippen molar-refractivity contribution in [2.24, 2.45) is 0 Å². The number of rotatable bonds is 0. The van der Waals surface area contributed by atoms with E-state index in [-0.39, 0.29) is 0 Å². The minimum absolute atomic E-state index is 0.309. The maximum Gasteiger partial charge on any atom is 0.144 e. The van der Waals surface area contributed by atoms with Gasteiger partial charge in [-0.1, -0.05) is 27.8 Å². The maximum atomic E-state index is 12.8. The fourth-order valence-electron chi connectivity index (χ4n) is 0.783. The molecule has 4 heteroatoms. The number of alkyl halides is 1. The zero-order chi connectivity index (χ0) is 9.84. The summed E-state index contributed by atoms with van der Waals surface area (Å²) in [5.41, 5.74) is -0.402. The van der Waals surface area contributed by atoms with Crippen LogP contribution in [0.2, 0.25) is 0 Å². The minimum Gasteiger partial charge on any atom is -0.207 e. The molecule has 0 atom stereocenters. The highest BCUT2D eigenvalue weighted by Gasteiger charge is 2.08. The van der Waals surface area contributed by atoms with Crippen LogP contribution >= 0.6 is 15.9 Å². The predicted molar refractivity (Wildman–Crippen MR) is 47.0 cm³/mol. The van der Waals surface area contributed by atoms with E-state index < -0.39 is 23.0 Å². The van der Waals surface area contributed by atoms with Gasteiger partial charge < -0.3 is 0 Å². The van der Waals surface area contributed by atoms with E-state index in [4.69, 9.17) is 0 Å². The van der Waals surface area contributed by atoms with Gasteiger partial charge in [-0.05, 0) is 0 Å². The zero-order valence-corrected chi connectivity index (χ0v) is 7.96. The topological polar surface area (TPSA) is 0 Å². The molecule has 0 bridgehead atoms. The van der Waals surface area contributed by atoms with E-state index in [1.807, 2.05) is 0 Å². The summed E-state index contributed by atoms with van der Waals surface area (Å²) in [6.45, 7) is 0. The third-order valence-electron chi connectivity index (χ3n) is 1.29. The first-order valence-electron chi connectivity index (χ1n) is 3.34. The van der Waals surface area contributed by atoms with Crippen molar-refractivity contribution in [3.63, 3.8) is 0 Å². The molecule has 0 amide bonds. The van der Waals surface area contributed by atoms with Crippen molar-refractivity contribution in [2.45, 2.75) is 0 Å². The third kappa shape index (κ3) is 2.49. The lowest BCUT2D eigenvalue weighted by atomic mass is 10.2. The van der Waals surface area contributed by atoms with Gasteiger partial charge in [0.2, 0.25) is 0 Å². The van der Waals surface area contributed by atoms with E-state index in [2.05, 4.69) is 27.8 Å². The molecule has 0 radical (unpaired) electrons. The molecule has 0 saturated heterocycles. The Morgan fingerprint density at radius 1 is 1.15 bits per heavy atom. The second-order valence-corrected chi connectivity index (χ2v) is 2.74. The molecule has 0 fully saturated rings. The van der Waals surface area contributed by atoms with Gasteiger partial charge in [0.05, 0.1) is 10.9 Å². The standard InChI is InChI=1S/C9H4BrF3/c10-3-1-2-7-8(12)4-6(11)5-9(7)13/h4-5H,3H2. The van der Waals surface area contributed by atoms with E-state index in [1.165, 1.54) is 0 Å². The molecule has 0 heterocycles. The minimum atomic E-state index is -0.981. The molecule has 0 spiro atoms. The molecule has 0 nitrogen and oxygen atoms in total. The second kappa shape index (κ2) is 4.33. The molecule has 0 aliphatic carbocycles. The molecular formula is C9H4BrF3. The molecule has 0 aliphatic rings. The van der Waals surface area contributed by atoms with Crippen molar-refractivity contribution in [1.29, 1.82) is 0 Å². The number of halogens is 4. The Bertz CT molecular complexity index is 353. The summed E-state index contributed by atoms with van der Waals surface area (Å²) in [5, 5.41) is 0.309. The first kappa shape index (κ1) is 10.1. The molecule has 0 unspecified atom stereocenters. The van der Waals surface area contributed by atoms with E-state index in [0.717, 1.165) is 0 Å². The van der Waals surface area contributed by atoms with Crippen LogP contribution in [0.3, 0.4) is 0 Å². The summed E-state index contributed by atoms with van der Waals surface area (Å²) >= 11 is 2.98. The molecule has 0 aliphatic heterocycles. The van der Waals surface area contributed by atoms with Crippen LogP contribution in [0, 0.1) is 29.3 Å². The van der Waals surface area contributed by atoms with E-state index in [1.54, 1.807) is 0 Å². The van der Waals surface area contributed by atoms with Gasteiger partial charge in [-0.15, -0.1) is 0 Å². The molecule has 13 heavy (non-hydrogen) atoms. The lowest BCUT2D eigenvalue weighted by molar-refractivity contribution is 0.539.